The van der Waals surface area contributed by atoms with Crippen LogP contribution in [0.4, 0.5) is 5.82 Å². The van der Waals surface area contributed by atoms with Crippen LogP contribution in [0.15, 0.2) is 41.7 Å². The molecule has 0 unspecified atom stereocenters. The molecular weight excluding hydrogens is 418 g/mol. The maximum absolute atomic E-state index is 12.2. The number of hydrogen-bond acceptors (Lipinski definition) is 8. The molecule has 164 valence electrons. The van der Waals surface area contributed by atoms with E-state index in [0.717, 1.165) is 31.5 Å². The lowest BCUT2D eigenvalue weighted by atomic mass is 10.1. The van der Waals surface area contributed by atoms with Crippen molar-refractivity contribution in [3.8, 4) is 22.9 Å². The Bertz CT molecular complexity index is 1190. The first-order chi connectivity index (χ1) is 14.9. The molecule has 0 bridgehead atoms. The van der Waals surface area contributed by atoms with Gasteiger partial charge in [0.05, 0.1) is 35.2 Å². The van der Waals surface area contributed by atoms with Gasteiger partial charge in [0, 0.05) is 5.56 Å². The zero-order chi connectivity index (χ0) is 22.0. The molecule has 0 saturated carbocycles. The molecule has 0 amide bonds. The van der Waals surface area contributed by atoms with Gasteiger partial charge in [0.2, 0.25) is 10.0 Å². The summed E-state index contributed by atoms with van der Waals surface area (Å²) >= 11 is 0. The fourth-order valence-electron chi connectivity index (χ4n) is 3.52. The monoisotopic (exact) mass is 443 g/mol. The van der Waals surface area contributed by atoms with Crippen molar-refractivity contribution in [3.63, 3.8) is 0 Å². The van der Waals surface area contributed by atoms with Crippen molar-refractivity contribution in [2.45, 2.75) is 30.7 Å². The minimum atomic E-state index is -3.60. The van der Waals surface area contributed by atoms with Crippen molar-refractivity contribution < 1.29 is 13.2 Å². The van der Waals surface area contributed by atoms with Crippen LogP contribution in [0.25, 0.3) is 11.3 Å². The van der Waals surface area contributed by atoms with Gasteiger partial charge in [0.25, 0.3) is 5.88 Å². The van der Waals surface area contributed by atoms with Crippen molar-refractivity contribution in [1.29, 1.82) is 0 Å². The first-order valence-electron chi connectivity index (χ1n) is 9.96. The Labute approximate surface area is 180 Å². The van der Waals surface area contributed by atoms with Crippen molar-refractivity contribution in [3.05, 3.63) is 42.4 Å². The van der Waals surface area contributed by atoms with Crippen LogP contribution in [-0.2, 0) is 10.0 Å². The lowest BCUT2D eigenvalue weighted by Gasteiger charge is -2.22. The van der Waals surface area contributed by atoms with Crippen molar-refractivity contribution in [1.82, 2.24) is 29.8 Å². The molecule has 0 spiro atoms. The topological polar surface area (TPSA) is 137 Å². The van der Waals surface area contributed by atoms with Crippen LogP contribution in [0.2, 0.25) is 0 Å². The van der Waals surface area contributed by atoms with E-state index in [1.54, 1.807) is 12.3 Å². The molecule has 1 saturated heterocycles. The lowest BCUT2D eigenvalue weighted by molar-refractivity contribution is 0.342. The molecule has 31 heavy (non-hydrogen) atoms. The van der Waals surface area contributed by atoms with Gasteiger partial charge in [-0.3, -0.25) is 4.68 Å². The highest BCUT2D eigenvalue weighted by Gasteiger charge is 2.18. The summed E-state index contributed by atoms with van der Waals surface area (Å²) in [6.45, 7) is 3.74. The molecule has 0 atom stereocenters. The fourth-order valence-corrected chi connectivity index (χ4v) is 4.38. The number of anilines is 1. The number of hydrogen-bond donors (Lipinski definition) is 3. The maximum atomic E-state index is 12.2. The molecule has 4 rings (SSSR count). The predicted octanol–water partition coefficient (Wildman–Crippen LogP) is 1.86. The largest absolute Gasteiger partial charge is 0.433 e. The van der Waals surface area contributed by atoms with E-state index in [9.17, 15) is 8.42 Å². The van der Waals surface area contributed by atoms with Crippen LogP contribution in [0, 0.1) is 6.92 Å². The number of benzene rings is 1. The molecule has 1 aliphatic rings. The second-order valence-corrected chi connectivity index (χ2v) is 9.31. The van der Waals surface area contributed by atoms with E-state index in [0.29, 0.717) is 23.0 Å². The van der Waals surface area contributed by atoms with Gasteiger partial charge in [-0.25, -0.2) is 23.1 Å². The van der Waals surface area contributed by atoms with E-state index in [-0.39, 0.29) is 16.6 Å². The molecule has 1 aliphatic heterocycles. The minimum Gasteiger partial charge on any atom is -0.433 e. The second-order valence-electron chi connectivity index (χ2n) is 7.43. The standard InChI is InChI=1S/C20H25N7O3S/c1-13-7-14(9-17(8-13)31(28,29)22-2)18-11-24-19(21)20(26-18)30-16-10-25-27(12-16)15-3-5-23-6-4-15/h7-12,15,22-23H,3-6H2,1-2H3,(H2,21,24). The van der Waals surface area contributed by atoms with Gasteiger partial charge >= 0.3 is 0 Å². The number of piperidine rings is 1. The van der Waals surface area contributed by atoms with Gasteiger partial charge in [-0.1, -0.05) is 0 Å². The third-order valence-corrected chi connectivity index (χ3v) is 6.56. The molecule has 0 aliphatic carbocycles. The van der Waals surface area contributed by atoms with Gasteiger partial charge in [0.1, 0.15) is 0 Å². The number of nitrogen functional groups attached to an aromatic ring is 1. The smallest absolute Gasteiger partial charge is 0.263 e. The Hall–Kier alpha value is -3.02. The average molecular weight is 444 g/mol. The van der Waals surface area contributed by atoms with Crippen LogP contribution < -0.4 is 20.5 Å². The summed E-state index contributed by atoms with van der Waals surface area (Å²) < 4.78 is 34.5. The Morgan fingerprint density at radius 2 is 2.00 bits per heavy atom. The Morgan fingerprint density at radius 1 is 1.23 bits per heavy atom. The van der Waals surface area contributed by atoms with E-state index < -0.39 is 10.0 Å². The van der Waals surface area contributed by atoms with Gasteiger partial charge < -0.3 is 15.8 Å². The van der Waals surface area contributed by atoms with Crippen LogP contribution in [0.3, 0.4) is 0 Å². The number of nitrogens with one attached hydrogen (secondary N) is 2. The summed E-state index contributed by atoms with van der Waals surface area (Å²) in [6.07, 6.45) is 6.95. The van der Waals surface area contributed by atoms with E-state index in [1.165, 1.54) is 19.3 Å². The van der Waals surface area contributed by atoms with E-state index in [2.05, 4.69) is 25.1 Å². The molecule has 10 nitrogen and oxygen atoms in total. The number of nitrogens with zero attached hydrogens (tertiary/aromatic N) is 4. The molecule has 2 aromatic heterocycles. The molecule has 4 N–H and O–H groups in total. The highest BCUT2D eigenvalue weighted by molar-refractivity contribution is 7.89. The molecule has 1 fully saturated rings. The molecule has 3 heterocycles. The van der Waals surface area contributed by atoms with E-state index in [1.807, 2.05) is 23.9 Å². The highest BCUT2D eigenvalue weighted by Crippen LogP contribution is 2.29. The lowest BCUT2D eigenvalue weighted by Crippen LogP contribution is -2.29. The molecule has 3 aromatic rings. The normalized spacial score (nSPS) is 15.2. The number of ether oxygens (including phenoxy) is 1. The summed E-state index contributed by atoms with van der Waals surface area (Å²) in [6, 6.07) is 5.28. The first-order valence-corrected chi connectivity index (χ1v) is 11.4. The number of nitrogens with two attached hydrogens (primary N) is 1. The number of aromatic nitrogens is 4. The molecule has 11 heteroatoms. The van der Waals surface area contributed by atoms with E-state index >= 15 is 0 Å². The van der Waals surface area contributed by atoms with Crippen molar-refractivity contribution in [2.24, 2.45) is 0 Å². The number of sulfonamides is 1. The van der Waals surface area contributed by atoms with Crippen molar-refractivity contribution >= 4 is 15.8 Å². The van der Waals surface area contributed by atoms with Crippen LogP contribution in [0.1, 0.15) is 24.4 Å². The summed E-state index contributed by atoms with van der Waals surface area (Å²) in [5.41, 5.74) is 7.79. The Balaban J connectivity index is 1.62. The zero-order valence-electron chi connectivity index (χ0n) is 17.4. The van der Waals surface area contributed by atoms with Crippen LogP contribution in [-0.4, -0.2) is 48.3 Å². The van der Waals surface area contributed by atoms with E-state index in [4.69, 9.17) is 10.5 Å². The van der Waals surface area contributed by atoms with Crippen LogP contribution >= 0.6 is 0 Å². The van der Waals surface area contributed by atoms with Crippen molar-refractivity contribution in [2.75, 3.05) is 25.9 Å². The molecule has 0 radical (unpaired) electrons. The first kappa shape index (κ1) is 21.2. The Kier molecular flexibility index (Phi) is 5.90. The average Bonchev–Trinajstić information content (AvgIpc) is 3.24. The third-order valence-electron chi connectivity index (χ3n) is 5.17. The van der Waals surface area contributed by atoms with Gasteiger partial charge in [-0.15, -0.1) is 0 Å². The quantitative estimate of drug-likeness (QED) is 0.525. The number of rotatable bonds is 6. The minimum absolute atomic E-state index is 0.133. The highest BCUT2D eigenvalue weighted by atomic mass is 32.2. The molecular formula is C20H25N7O3S. The predicted molar refractivity (Wildman–Crippen MR) is 116 cm³/mol. The fraction of sp³-hybridized carbons (Fsp3) is 0.350. The van der Waals surface area contributed by atoms with Gasteiger partial charge in [0.15, 0.2) is 11.6 Å². The second kappa shape index (κ2) is 8.61. The summed E-state index contributed by atoms with van der Waals surface area (Å²) in [4.78, 5) is 8.80. The zero-order valence-corrected chi connectivity index (χ0v) is 18.2. The SMILES string of the molecule is CNS(=O)(=O)c1cc(C)cc(-c2cnc(N)c(Oc3cnn(C4CCNCC4)c3)n2)c1. The van der Waals surface area contributed by atoms with Gasteiger partial charge in [-0.05, 0) is 63.7 Å². The third kappa shape index (κ3) is 4.68. The Morgan fingerprint density at radius 3 is 2.74 bits per heavy atom. The van der Waals surface area contributed by atoms with Gasteiger partial charge in [-0.2, -0.15) is 5.10 Å². The summed E-state index contributed by atoms with van der Waals surface area (Å²) in [5, 5.41) is 7.74. The maximum Gasteiger partial charge on any atom is 0.263 e. The number of aryl methyl sites for hydroxylation is 1. The molecule has 1 aromatic carbocycles. The summed E-state index contributed by atoms with van der Waals surface area (Å²) in [5.74, 6) is 0.787. The van der Waals surface area contributed by atoms with Crippen LogP contribution in [0.5, 0.6) is 11.6 Å². The summed E-state index contributed by atoms with van der Waals surface area (Å²) in [7, 11) is -2.22.